The fraction of sp³-hybridized carbons (Fsp3) is 0.684. The number of anilines is 1. The van der Waals surface area contributed by atoms with Gasteiger partial charge in [-0.1, -0.05) is 6.92 Å². The fourth-order valence-electron chi connectivity index (χ4n) is 4.00. The molecule has 2 aliphatic rings. The average Bonchev–Trinajstić information content (AvgIpc) is 2.68. The van der Waals surface area contributed by atoms with Gasteiger partial charge in [-0.2, -0.15) is 0 Å². The predicted octanol–water partition coefficient (Wildman–Crippen LogP) is 2.02. The zero-order valence-electron chi connectivity index (χ0n) is 15.9. The average molecular weight is 382 g/mol. The smallest absolute Gasteiger partial charge is 0.214 e. The number of rotatable bonds is 6. The second-order valence-electron chi connectivity index (χ2n) is 7.19. The standard InChI is InChI=1S/C19H31N3O3S/c1-3-15-26(23,24)22-10-4-5-18(16-22)21-13-11-20(12-14-21)17-6-8-19(25-2)9-7-17/h6-9,18H,3-5,10-16H2,1-2H3. The molecule has 0 bridgehead atoms. The molecule has 2 saturated heterocycles. The van der Waals surface area contributed by atoms with Crippen LogP contribution < -0.4 is 9.64 Å². The Balaban J connectivity index is 1.55. The lowest BCUT2D eigenvalue weighted by Gasteiger charge is -2.43. The van der Waals surface area contributed by atoms with E-state index in [0.29, 0.717) is 25.6 Å². The van der Waals surface area contributed by atoms with Gasteiger partial charge in [-0.15, -0.1) is 0 Å². The van der Waals surface area contributed by atoms with Crippen LogP contribution in [0, 0.1) is 0 Å². The monoisotopic (exact) mass is 381 g/mol. The molecule has 6 nitrogen and oxygen atoms in total. The van der Waals surface area contributed by atoms with Crippen molar-refractivity contribution in [1.29, 1.82) is 0 Å². The summed E-state index contributed by atoms with van der Waals surface area (Å²) in [5.74, 6) is 1.15. The summed E-state index contributed by atoms with van der Waals surface area (Å²) in [6, 6.07) is 8.56. The molecule has 0 spiro atoms. The van der Waals surface area contributed by atoms with Crippen molar-refractivity contribution >= 4 is 15.7 Å². The molecule has 1 unspecified atom stereocenters. The Morgan fingerprint density at radius 2 is 1.77 bits per heavy atom. The third-order valence-electron chi connectivity index (χ3n) is 5.48. The van der Waals surface area contributed by atoms with Crippen molar-refractivity contribution < 1.29 is 13.2 Å². The number of hydrogen-bond donors (Lipinski definition) is 0. The molecule has 0 amide bonds. The molecule has 26 heavy (non-hydrogen) atoms. The molecule has 0 aliphatic carbocycles. The Hall–Kier alpha value is -1.31. The highest BCUT2D eigenvalue weighted by Gasteiger charge is 2.32. The van der Waals surface area contributed by atoms with Crippen molar-refractivity contribution in [1.82, 2.24) is 9.21 Å². The quantitative estimate of drug-likeness (QED) is 0.755. The summed E-state index contributed by atoms with van der Waals surface area (Å²) in [6.45, 7) is 7.19. The van der Waals surface area contributed by atoms with Crippen LogP contribution in [0.3, 0.4) is 0 Å². The second-order valence-corrected chi connectivity index (χ2v) is 9.28. The maximum absolute atomic E-state index is 12.4. The Bertz CT molecular complexity index is 670. The van der Waals surface area contributed by atoms with E-state index in [1.807, 2.05) is 19.1 Å². The van der Waals surface area contributed by atoms with Crippen LogP contribution in [0.1, 0.15) is 26.2 Å². The molecule has 0 saturated carbocycles. The number of ether oxygens (including phenoxy) is 1. The van der Waals surface area contributed by atoms with E-state index in [1.54, 1.807) is 11.4 Å². The highest BCUT2D eigenvalue weighted by molar-refractivity contribution is 7.89. The van der Waals surface area contributed by atoms with Gasteiger partial charge in [0.15, 0.2) is 0 Å². The SMILES string of the molecule is CCCS(=O)(=O)N1CCCC(N2CCN(c3ccc(OC)cc3)CC2)C1. The summed E-state index contributed by atoms with van der Waals surface area (Å²) >= 11 is 0. The molecular weight excluding hydrogens is 350 g/mol. The van der Waals surface area contributed by atoms with Crippen LogP contribution in [0.5, 0.6) is 5.75 Å². The number of piperidine rings is 1. The molecule has 7 heteroatoms. The molecule has 1 aromatic rings. The van der Waals surface area contributed by atoms with Crippen LogP contribution in [-0.4, -0.2) is 75.8 Å². The van der Waals surface area contributed by atoms with E-state index in [9.17, 15) is 8.42 Å². The van der Waals surface area contributed by atoms with Gasteiger partial charge in [0, 0.05) is 51.0 Å². The zero-order valence-corrected chi connectivity index (χ0v) is 16.7. The van der Waals surface area contributed by atoms with Gasteiger partial charge >= 0.3 is 0 Å². The molecule has 1 atom stereocenters. The molecule has 3 rings (SSSR count). The maximum atomic E-state index is 12.4. The van der Waals surface area contributed by atoms with E-state index in [2.05, 4.69) is 21.9 Å². The van der Waals surface area contributed by atoms with Crippen molar-refractivity contribution in [3.63, 3.8) is 0 Å². The van der Waals surface area contributed by atoms with Gasteiger partial charge in [0.1, 0.15) is 5.75 Å². The molecule has 0 aromatic heterocycles. The Kier molecular flexibility index (Phi) is 6.42. The number of nitrogens with zero attached hydrogens (tertiary/aromatic N) is 3. The highest BCUT2D eigenvalue weighted by Crippen LogP contribution is 2.24. The van der Waals surface area contributed by atoms with Crippen LogP contribution in [0.25, 0.3) is 0 Å². The fourth-order valence-corrected chi connectivity index (χ4v) is 5.58. The lowest BCUT2D eigenvalue weighted by atomic mass is 10.0. The van der Waals surface area contributed by atoms with Crippen molar-refractivity contribution in [3.8, 4) is 5.75 Å². The largest absolute Gasteiger partial charge is 0.497 e. The van der Waals surface area contributed by atoms with Crippen LogP contribution in [0.2, 0.25) is 0 Å². The summed E-state index contributed by atoms with van der Waals surface area (Å²) in [5, 5.41) is 0. The summed E-state index contributed by atoms with van der Waals surface area (Å²) in [6.07, 6.45) is 2.75. The minimum atomic E-state index is -3.08. The third-order valence-corrected chi connectivity index (χ3v) is 7.53. The molecule has 146 valence electrons. The van der Waals surface area contributed by atoms with Gasteiger partial charge in [-0.25, -0.2) is 12.7 Å². The Morgan fingerprint density at radius 3 is 2.38 bits per heavy atom. The Labute approximate surface area is 157 Å². The minimum absolute atomic E-state index is 0.269. The van der Waals surface area contributed by atoms with E-state index >= 15 is 0 Å². The number of sulfonamides is 1. The lowest BCUT2D eigenvalue weighted by molar-refractivity contribution is 0.128. The van der Waals surface area contributed by atoms with E-state index in [0.717, 1.165) is 44.8 Å². The van der Waals surface area contributed by atoms with Gasteiger partial charge in [0.2, 0.25) is 10.0 Å². The van der Waals surface area contributed by atoms with Crippen LogP contribution in [0.15, 0.2) is 24.3 Å². The van der Waals surface area contributed by atoms with E-state index in [-0.39, 0.29) is 5.75 Å². The summed E-state index contributed by atoms with van der Waals surface area (Å²) in [7, 11) is -1.40. The third kappa shape index (κ3) is 4.50. The molecule has 1 aromatic carbocycles. The van der Waals surface area contributed by atoms with Gasteiger partial charge in [-0.05, 0) is 43.5 Å². The summed E-state index contributed by atoms with van der Waals surface area (Å²) in [5.41, 5.74) is 1.22. The van der Waals surface area contributed by atoms with Crippen LogP contribution in [-0.2, 0) is 10.0 Å². The van der Waals surface area contributed by atoms with Gasteiger partial charge in [0.25, 0.3) is 0 Å². The zero-order chi connectivity index (χ0) is 18.6. The first kappa shape index (κ1) is 19.5. The van der Waals surface area contributed by atoms with Crippen LogP contribution >= 0.6 is 0 Å². The molecule has 0 radical (unpaired) electrons. The topological polar surface area (TPSA) is 53.1 Å². The van der Waals surface area contributed by atoms with E-state index in [4.69, 9.17) is 4.74 Å². The Morgan fingerprint density at radius 1 is 1.08 bits per heavy atom. The van der Waals surface area contributed by atoms with Crippen molar-refractivity contribution in [2.24, 2.45) is 0 Å². The van der Waals surface area contributed by atoms with E-state index < -0.39 is 10.0 Å². The normalized spacial score (nSPS) is 23.2. The molecule has 0 N–H and O–H groups in total. The first-order valence-corrected chi connectivity index (χ1v) is 11.3. The lowest BCUT2D eigenvalue weighted by Crippen LogP contribution is -2.56. The summed E-state index contributed by atoms with van der Waals surface area (Å²) in [4.78, 5) is 4.87. The second kappa shape index (κ2) is 8.59. The molecule has 2 aliphatic heterocycles. The number of benzene rings is 1. The van der Waals surface area contributed by atoms with Crippen LogP contribution in [0.4, 0.5) is 5.69 Å². The first-order chi connectivity index (χ1) is 12.5. The number of hydrogen-bond acceptors (Lipinski definition) is 5. The predicted molar refractivity (Wildman–Crippen MR) is 105 cm³/mol. The summed E-state index contributed by atoms with van der Waals surface area (Å²) < 4.78 is 31.7. The molecule has 2 fully saturated rings. The number of piperazine rings is 1. The van der Waals surface area contributed by atoms with Gasteiger partial charge in [0.05, 0.1) is 12.9 Å². The molecular formula is C19H31N3O3S. The first-order valence-electron chi connectivity index (χ1n) is 9.64. The van der Waals surface area contributed by atoms with Gasteiger partial charge < -0.3 is 9.64 Å². The van der Waals surface area contributed by atoms with Crippen molar-refractivity contribution in [3.05, 3.63) is 24.3 Å². The maximum Gasteiger partial charge on any atom is 0.214 e. The molecule has 2 heterocycles. The minimum Gasteiger partial charge on any atom is -0.497 e. The van der Waals surface area contributed by atoms with Crippen molar-refractivity contribution in [2.75, 3.05) is 57.0 Å². The van der Waals surface area contributed by atoms with E-state index in [1.165, 1.54) is 5.69 Å². The van der Waals surface area contributed by atoms with Gasteiger partial charge in [-0.3, -0.25) is 4.90 Å². The highest BCUT2D eigenvalue weighted by atomic mass is 32.2. The van der Waals surface area contributed by atoms with Crippen molar-refractivity contribution in [2.45, 2.75) is 32.2 Å². The number of methoxy groups -OCH3 is 1.